The molecule has 0 spiro atoms. The van der Waals surface area contributed by atoms with Gasteiger partial charge in [0.15, 0.2) is 0 Å². The molecule has 1 aliphatic rings. The summed E-state index contributed by atoms with van der Waals surface area (Å²) in [6.07, 6.45) is 3.71. The molecule has 4 heteroatoms. The highest BCUT2D eigenvalue weighted by molar-refractivity contribution is 6.30. The van der Waals surface area contributed by atoms with Crippen LogP contribution in [0.1, 0.15) is 24.8 Å². The van der Waals surface area contributed by atoms with Crippen LogP contribution in [0.2, 0.25) is 5.02 Å². The monoisotopic (exact) mass is 256 g/mol. The molecule has 0 aliphatic heterocycles. The number of nitrogens with one attached hydrogen (secondary N) is 2. The highest BCUT2D eigenvalue weighted by atomic mass is 35.5. The molecule has 1 saturated carbocycles. The predicted molar refractivity (Wildman–Crippen MR) is 68.8 cm³/mol. The maximum Gasteiger partial charge on any atom is 0.146 e. The van der Waals surface area contributed by atoms with E-state index in [9.17, 15) is 4.39 Å². The fraction of sp³-hybridized carbons (Fsp3) is 0.538. The number of rotatable bonds is 7. The Hall–Kier alpha value is -0.640. The van der Waals surface area contributed by atoms with Gasteiger partial charge in [-0.3, -0.25) is 0 Å². The molecule has 0 radical (unpaired) electrons. The summed E-state index contributed by atoms with van der Waals surface area (Å²) in [5, 5.41) is 6.86. The maximum absolute atomic E-state index is 13.5. The largest absolute Gasteiger partial charge is 0.314 e. The van der Waals surface area contributed by atoms with Crippen LogP contribution in [0.15, 0.2) is 18.2 Å². The molecule has 0 heterocycles. The molecule has 2 N–H and O–H groups in total. The van der Waals surface area contributed by atoms with Crippen molar-refractivity contribution in [2.24, 2.45) is 0 Å². The molecule has 94 valence electrons. The average Bonchev–Trinajstić information content (AvgIpc) is 3.12. The molecule has 0 saturated heterocycles. The van der Waals surface area contributed by atoms with E-state index < -0.39 is 0 Å². The maximum atomic E-state index is 13.5. The number of benzene rings is 1. The van der Waals surface area contributed by atoms with E-state index >= 15 is 0 Å². The normalized spacial score (nSPS) is 15.2. The minimum atomic E-state index is -0.308. The van der Waals surface area contributed by atoms with Crippen molar-refractivity contribution in [3.8, 4) is 0 Å². The zero-order chi connectivity index (χ0) is 12.1. The minimum Gasteiger partial charge on any atom is -0.314 e. The Labute approximate surface area is 107 Å². The van der Waals surface area contributed by atoms with Gasteiger partial charge < -0.3 is 10.6 Å². The van der Waals surface area contributed by atoms with Crippen molar-refractivity contribution in [1.82, 2.24) is 10.6 Å². The minimum absolute atomic E-state index is 0.194. The molecule has 0 atom stereocenters. The zero-order valence-electron chi connectivity index (χ0n) is 9.81. The molecular weight excluding hydrogens is 239 g/mol. The molecule has 0 amide bonds. The summed E-state index contributed by atoms with van der Waals surface area (Å²) >= 11 is 5.71. The topological polar surface area (TPSA) is 24.1 Å². The van der Waals surface area contributed by atoms with Gasteiger partial charge >= 0.3 is 0 Å². The lowest BCUT2D eigenvalue weighted by molar-refractivity contribution is 0.567. The van der Waals surface area contributed by atoms with Gasteiger partial charge in [-0.05, 0) is 38.4 Å². The fourth-order valence-corrected chi connectivity index (χ4v) is 1.91. The molecule has 1 fully saturated rings. The Kier molecular flexibility index (Phi) is 4.77. The molecular formula is C13H18ClFN2. The Morgan fingerprint density at radius 1 is 1.29 bits per heavy atom. The van der Waals surface area contributed by atoms with Crippen molar-refractivity contribution in [1.29, 1.82) is 0 Å². The number of halogens is 2. The Morgan fingerprint density at radius 3 is 2.88 bits per heavy atom. The van der Waals surface area contributed by atoms with Crippen LogP contribution in [0.4, 0.5) is 4.39 Å². The van der Waals surface area contributed by atoms with E-state index in [4.69, 9.17) is 11.6 Å². The van der Waals surface area contributed by atoms with Gasteiger partial charge in [-0.1, -0.05) is 23.7 Å². The van der Waals surface area contributed by atoms with Gasteiger partial charge in [0, 0.05) is 18.2 Å². The summed E-state index contributed by atoms with van der Waals surface area (Å²) in [6, 6.07) is 5.87. The quantitative estimate of drug-likeness (QED) is 0.733. The second-order valence-electron chi connectivity index (χ2n) is 4.47. The van der Waals surface area contributed by atoms with Gasteiger partial charge in [0.25, 0.3) is 0 Å². The third kappa shape index (κ3) is 4.26. The van der Waals surface area contributed by atoms with E-state index in [1.54, 1.807) is 18.2 Å². The molecule has 2 rings (SSSR count). The van der Waals surface area contributed by atoms with Crippen LogP contribution >= 0.6 is 11.6 Å². The number of hydrogen-bond donors (Lipinski definition) is 2. The highest BCUT2D eigenvalue weighted by Gasteiger charge is 2.19. The molecule has 17 heavy (non-hydrogen) atoms. The Balaban J connectivity index is 1.61. The van der Waals surface area contributed by atoms with Crippen molar-refractivity contribution in [3.63, 3.8) is 0 Å². The van der Waals surface area contributed by atoms with Crippen molar-refractivity contribution in [2.75, 3.05) is 13.1 Å². The van der Waals surface area contributed by atoms with E-state index in [-0.39, 0.29) is 10.8 Å². The van der Waals surface area contributed by atoms with E-state index in [0.29, 0.717) is 12.1 Å². The molecule has 0 bridgehead atoms. The van der Waals surface area contributed by atoms with Crippen LogP contribution in [-0.4, -0.2) is 19.1 Å². The van der Waals surface area contributed by atoms with E-state index in [0.717, 1.165) is 25.6 Å². The molecule has 0 aromatic heterocycles. The van der Waals surface area contributed by atoms with Crippen molar-refractivity contribution >= 4 is 11.6 Å². The van der Waals surface area contributed by atoms with Gasteiger partial charge in [0.2, 0.25) is 0 Å². The summed E-state index contributed by atoms with van der Waals surface area (Å²) in [4.78, 5) is 0. The third-order valence-corrected chi connectivity index (χ3v) is 3.18. The average molecular weight is 257 g/mol. The third-order valence-electron chi connectivity index (χ3n) is 2.89. The molecule has 0 unspecified atom stereocenters. The van der Waals surface area contributed by atoms with E-state index in [2.05, 4.69) is 10.6 Å². The van der Waals surface area contributed by atoms with Gasteiger partial charge in [0.05, 0.1) is 5.02 Å². The lowest BCUT2D eigenvalue weighted by Gasteiger charge is -2.07. The summed E-state index contributed by atoms with van der Waals surface area (Å²) < 4.78 is 13.5. The van der Waals surface area contributed by atoms with Crippen LogP contribution in [0.3, 0.4) is 0 Å². The zero-order valence-corrected chi connectivity index (χ0v) is 10.6. The smallest absolute Gasteiger partial charge is 0.146 e. The first-order valence-electron chi connectivity index (χ1n) is 6.14. The van der Waals surface area contributed by atoms with E-state index in [1.807, 2.05) is 0 Å². The summed E-state index contributed by atoms with van der Waals surface area (Å²) in [7, 11) is 0. The summed E-state index contributed by atoms with van der Waals surface area (Å²) in [6.45, 7) is 2.47. The lowest BCUT2D eigenvalue weighted by atomic mass is 10.2. The number of hydrogen-bond acceptors (Lipinski definition) is 2. The Bertz CT molecular complexity index is 366. The van der Waals surface area contributed by atoms with Crippen LogP contribution in [-0.2, 0) is 6.54 Å². The van der Waals surface area contributed by atoms with Crippen LogP contribution in [0.25, 0.3) is 0 Å². The van der Waals surface area contributed by atoms with Crippen LogP contribution in [0.5, 0.6) is 0 Å². The second-order valence-corrected chi connectivity index (χ2v) is 4.88. The molecule has 2 nitrogen and oxygen atoms in total. The van der Waals surface area contributed by atoms with Gasteiger partial charge in [-0.15, -0.1) is 0 Å². The Morgan fingerprint density at radius 2 is 2.12 bits per heavy atom. The molecule has 1 aliphatic carbocycles. The summed E-state index contributed by atoms with van der Waals surface area (Å²) in [5.74, 6) is -0.308. The first kappa shape index (κ1) is 12.8. The van der Waals surface area contributed by atoms with Gasteiger partial charge in [-0.25, -0.2) is 4.39 Å². The fourth-order valence-electron chi connectivity index (χ4n) is 1.72. The van der Waals surface area contributed by atoms with Gasteiger partial charge in [0.1, 0.15) is 5.82 Å². The van der Waals surface area contributed by atoms with Gasteiger partial charge in [-0.2, -0.15) is 0 Å². The molecule has 1 aromatic carbocycles. The highest BCUT2D eigenvalue weighted by Crippen LogP contribution is 2.18. The van der Waals surface area contributed by atoms with Crippen molar-refractivity contribution in [3.05, 3.63) is 34.6 Å². The standard InChI is InChI=1S/C13H18ClFN2/c14-12-4-1-3-10(13(12)15)9-16-7-2-8-17-11-5-6-11/h1,3-4,11,16-17H,2,5-9H2. The predicted octanol–water partition coefficient (Wildman–Crippen LogP) is 2.71. The first-order valence-corrected chi connectivity index (χ1v) is 6.52. The SMILES string of the molecule is Fc1c(Cl)cccc1CNCCCNC1CC1. The van der Waals surface area contributed by atoms with E-state index in [1.165, 1.54) is 12.8 Å². The molecule has 1 aromatic rings. The van der Waals surface area contributed by atoms with Crippen LogP contribution in [0, 0.1) is 5.82 Å². The van der Waals surface area contributed by atoms with Crippen LogP contribution < -0.4 is 10.6 Å². The summed E-state index contributed by atoms with van der Waals surface area (Å²) in [5.41, 5.74) is 0.632. The van der Waals surface area contributed by atoms with Crippen molar-refractivity contribution in [2.45, 2.75) is 31.8 Å². The lowest BCUT2D eigenvalue weighted by Crippen LogP contribution is -2.23. The van der Waals surface area contributed by atoms with Crippen molar-refractivity contribution < 1.29 is 4.39 Å². The second kappa shape index (κ2) is 6.34. The first-order chi connectivity index (χ1) is 8.27.